The van der Waals surface area contributed by atoms with Gasteiger partial charge in [-0.05, 0) is 24.6 Å². The van der Waals surface area contributed by atoms with Crippen LogP contribution in [0.2, 0.25) is 0 Å². The molecule has 0 aliphatic rings. The lowest BCUT2D eigenvalue weighted by Crippen LogP contribution is -2.04. The van der Waals surface area contributed by atoms with Crippen LogP contribution in [0.4, 0.5) is 15.8 Å². The summed E-state index contributed by atoms with van der Waals surface area (Å²) in [4.78, 5) is 10.1. The van der Waals surface area contributed by atoms with Gasteiger partial charge in [-0.1, -0.05) is 35.9 Å². The number of nitrogens with one attached hydrogen (secondary N) is 1. The number of hydrogen-bond donors (Lipinski definition) is 1. The minimum Gasteiger partial charge on any atom is -0.375 e. The first-order valence-electron chi connectivity index (χ1n) is 5.80. The van der Waals surface area contributed by atoms with E-state index >= 15 is 0 Å². The van der Waals surface area contributed by atoms with Crippen LogP contribution < -0.4 is 5.32 Å². The molecule has 0 radical (unpaired) electrons. The molecule has 0 unspecified atom stereocenters. The normalized spacial score (nSPS) is 10.2. The zero-order valence-corrected chi connectivity index (χ0v) is 10.4. The molecular formula is C14H13FN2O2. The average molecular weight is 260 g/mol. The predicted molar refractivity (Wildman–Crippen MR) is 71.6 cm³/mol. The van der Waals surface area contributed by atoms with E-state index in [0.29, 0.717) is 6.54 Å². The highest BCUT2D eigenvalue weighted by Gasteiger charge is 2.19. The smallest absolute Gasteiger partial charge is 0.327 e. The van der Waals surface area contributed by atoms with Crippen molar-refractivity contribution in [1.29, 1.82) is 0 Å². The van der Waals surface area contributed by atoms with Crippen molar-refractivity contribution in [2.24, 2.45) is 0 Å². The minimum atomic E-state index is -0.834. The summed E-state index contributed by atoms with van der Waals surface area (Å²) in [5, 5.41) is 13.7. The first kappa shape index (κ1) is 13.0. The van der Waals surface area contributed by atoms with Crippen molar-refractivity contribution < 1.29 is 9.31 Å². The van der Waals surface area contributed by atoms with Gasteiger partial charge in [-0.15, -0.1) is 0 Å². The molecule has 0 atom stereocenters. The van der Waals surface area contributed by atoms with Gasteiger partial charge in [0.25, 0.3) is 0 Å². The lowest BCUT2D eigenvalue weighted by Gasteiger charge is -2.08. The van der Waals surface area contributed by atoms with Crippen molar-refractivity contribution in [3.05, 3.63) is 69.5 Å². The van der Waals surface area contributed by atoms with Crippen molar-refractivity contribution in [1.82, 2.24) is 0 Å². The molecule has 0 saturated heterocycles. The minimum absolute atomic E-state index is 0.187. The van der Waals surface area contributed by atoms with E-state index in [2.05, 4.69) is 5.32 Å². The number of rotatable bonds is 4. The number of anilines is 1. The number of nitro groups is 1. The first-order valence-corrected chi connectivity index (χ1v) is 5.80. The largest absolute Gasteiger partial charge is 0.375 e. The van der Waals surface area contributed by atoms with Crippen LogP contribution in [-0.2, 0) is 6.54 Å². The number of aryl methyl sites for hydroxylation is 1. The van der Waals surface area contributed by atoms with Crippen LogP contribution in [-0.4, -0.2) is 4.92 Å². The Morgan fingerprint density at radius 2 is 2.00 bits per heavy atom. The predicted octanol–water partition coefficient (Wildman–Crippen LogP) is 3.65. The van der Waals surface area contributed by atoms with Gasteiger partial charge in [-0.2, -0.15) is 4.39 Å². The first-order chi connectivity index (χ1) is 9.08. The molecule has 2 aromatic rings. The molecule has 0 heterocycles. The van der Waals surface area contributed by atoms with Crippen molar-refractivity contribution in [2.75, 3.05) is 5.32 Å². The van der Waals surface area contributed by atoms with Crippen LogP contribution in [0.1, 0.15) is 11.1 Å². The number of hydrogen-bond acceptors (Lipinski definition) is 3. The molecule has 0 saturated carbocycles. The van der Waals surface area contributed by atoms with Gasteiger partial charge >= 0.3 is 5.69 Å². The second kappa shape index (κ2) is 5.48. The van der Waals surface area contributed by atoms with E-state index in [-0.39, 0.29) is 5.69 Å². The molecule has 0 bridgehead atoms. The number of nitro benzene ring substituents is 1. The molecule has 98 valence electrons. The third-order valence-corrected chi connectivity index (χ3v) is 2.73. The highest BCUT2D eigenvalue weighted by Crippen LogP contribution is 2.27. The van der Waals surface area contributed by atoms with E-state index in [1.807, 2.05) is 31.2 Å². The summed E-state index contributed by atoms with van der Waals surface area (Å²) in [7, 11) is 0. The molecule has 1 N–H and O–H groups in total. The van der Waals surface area contributed by atoms with Crippen LogP contribution >= 0.6 is 0 Å². The fraction of sp³-hybridized carbons (Fsp3) is 0.143. The Morgan fingerprint density at radius 3 is 2.68 bits per heavy atom. The molecule has 0 spiro atoms. The maximum absolute atomic E-state index is 13.4. The van der Waals surface area contributed by atoms with Crippen molar-refractivity contribution >= 4 is 11.4 Å². The molecule has 4 nitrogen and oxygen atoms in total. The number of nitrogens with zero attached hydrogens (tertiary/aromatic N) is 1. The van der Waals surface area contributed by atoms with Crippen molar-refractivity contribution in [2.45, 2.75) is 13.5 Å². The van der Waals surface area contributed by atoms with Crippen LogP contribution in [0.5, 0.6) is 0 Å². The van der Waals surface area contributed by atoms with E-state index in [0.717, 1.165) is 17.2 Å². The maximum Gasteiger partial charge on any atom is 0.327 e. The lowest BCUT2D eigenvalue weighted by atomic mass is 10.1. The van der Waals surface area contributed by atoms with Gasteiger partial charge < -0.3 is 5.32 Å². The fourth-order valence-corrected chi connectivity index (χ4v) is 1.86. The summed E-state index contributed by atoms with van der Waals surface area (Å²) in [6.07, 6.45) is 0. The summed E-state index contributed by atoms with van der Waals surface area (Å²) < 4.78 is 13.4. The zero-order valence-electron chi connectivity index (χ0n) is 10.4. The second-order valence-corrected chi connectivity index (χ2v) is 4.24. The molecule has 0 amide bonds. The molecule has 2 rings (SSSR count). The summed E-state index contributed by atoms with van der Waals surface area (Å²) in [6, 6.07) is 11.8. The molecule has 0 fully saturated rings. The Morgan fingerprint density at radius 1 is 1.26 bits per heavy atom. The Labute approximate surface area is 110 Å². The van der Waals surface area contributed by atoms with E-state index in [9.17, 15) is 14.5 Å². The van der Waals surface area contributed by atoms with Gasteiger partial charge in [0.15, 0.2) is 0 Å². The Bertz CT molecular complexity index is 614. The number of halogens is 1. The van der Waals surface area contributed by atoms with Gasteiger partial charge in [0.2, 0.25) is 5.82 Å². The average Bonchev–Trinajstić information content (AvgIpc) is 2.36. The molecule has 0 aliphatic heterocycles. The number of benzene rings is 2. The van der Waals surface area contributed by atoms with Crippen LogP contribution in [0.15, 0.2) is 42.5 Å². The summed E-state index contributed by atoms with van der Waals surface area (Å²) in [5.74, 6) is -0.834. The van der Waals surface area contributed by atoms with Gasteiger partial charge in [0.05, 0.1) is 4.92 Å². The summed E-state index contributed by atoms with van der Waals surface area (Å²) in [6.45, 7) is 2.38. The van der Waals surface area contributed by atoms with Crippen LogP contribution in [0, 0.1) is 22.9 Å². The van der Waals surface area contributed by atoms with E-state index in [4.69, 9.17) is 0 Å². The quantitative estimate of drug-likeness (QED) is 0.674. The van der Waals surface area contributed by atoms with Crippen LogP contribution in [0.25, 0.3) is 0 Å². The monoisotopic (exact) mass is 260 g/mol. The Kier molecular flexibility index (Phi) is 3.75. The van der Waals surface area contributed by atoms with Gasteiger partial charge in [-0.3, -0.25) is 10.1 Å². The molecule has 0 aliphatic carbocycles. The van der Waals surface area contributed by atoms with Gasteiger partial charge in [0.1, 0.15) is 5.69 Å². The van der Waals surface area contributed by atoms with Gasteiger partial charge in [-0.25, -0.2) is 0 Å². The highest BCUT2D eigenvalue weighted by molar-refractivity contribution is 5.62. The molecule has 0 aromatic heterocycles. The standard InChI is InChI=1S/C14H13FN2O2/c1-10-4-2-5-11(8-10)9-16-13-7-3-6-12(15)14(13)17(18)19/h2-8,16H,9H2,1H3. The Balaban J connectivity index is 2.20. The lowest BCUT2D eigenvalue weighted by molar-refractivity contribution is -0.386. The molecule has 2 aromatic carbocycles. The van der Waals surface area contributed by atoms with E-state index < -0.39 is 16.4 Å². The maximum atomic E-state index is 13.4. The number of para-hydroxylation sites is 1. The highest BCUT2D eigenvalue weighted by atomic mass is 19.1. The van der Waals surface area contributed by atoms with E-state index in [1.165, 1.54) is 12.1 Å². The summed E-state index contributed by atoms with van der Waals surface area (Å²) in [5.41, 5.74) is 1.76. The Hall–Kier alpha value is -2.43. The molecular weight excluding hydrogens is 247 g/mol. The third-order valence-electron chi connectivity index (χ3n) is 2.73. The molecule has 5 heteroatoms. The second-order valence-electron chi connectivity index (χ2n) is 4.24. The van der Waals surface area contributed by atoms with Crippen LogP contribution in [0.3, 0.4) is 0 Å². The van der Waals surface area contributed by atoms with E-state index in [1.54, 1.807) is 0 Å². The topological polar surface area (TPSA) is 55.2 Å². The third kappa shape index (κ3) is 3.07. The molecule has 19 heavy (non-hydrogen) atoms. The van der Waals surface area contributed by atoms with Crippen molar-refractivity contribution in [3.63, 3.8) is 0 Å². The van der Waals surface area contributed by atoms with Crippen molar-refractivity contribution in [3.8, 4) is 0 Å². The zero-order chi connectivity index (χ0) is 13.8. The SMILES string of the molecule is Cc1cccc(CNc2cccc(F)c2[N+](=O)[O-])c1. The fourth-order valence-electron chi connectivity index (χ4n) is 1.86. The van der Waals surface area contributed by atoms with Gasteiger partial charge in [0, 0.05) is 6.54 Å². The summed E-state index contributed by atoms with van der Waals surface area (Å²) >= 11 is 0.